The van der Waals surface area contributed by atoms with Crippen molar-refractivity contribution < 1.29 is 50.3 Å². The third-order valence-corrected chi connectivity index (χ3v) is 5.37. The van der Waals surface area contributed by atoms with Crippen molar-refractivity contribution in [1.82, 2.24) is 4.90 Å². The number of hydrogen-bond acceptors (Lipinski definition) is 11. The molecule has 3 saturated heterocycles. The van der Waals surface area contributed by atoms with Crippen molar-refractivity contribution in [3.63, 3.8) is 0 Å². The molecule has 0 aromatic rings. The van der Waals surface area contributed by atoms with Gasteiger partial charge in [-0.3, -0.25) is 4.90 Å². The zero-order chi connectivity index (χ0) is 18.5. The average Bonchev–Trinajstić information content (AvgIpc) is 3.03. The quantitative estimate of drug-likeness (QED) is 0.237. The van der Waals surface area contributed by atoms with Crippen molar-refractivity contribution in [2.24, 2.45) is 0 Å². The Labute approximate surface area is 143 Å². The van der Waals surface area contributed by atoms with Crippen LogP contribution in [0, 0.1) is 0 Å². The highest BCUT2D eigenvalue weighted by atomic mass is 16.7. The van der Waals surface area contributed by atoms with E-state index in [1.54, 1.807) is 0 Å². The molecule has 3 aliphatic heterocycles. The Balaban J connectivity index is 1.70. The van der Waals surface area contributed by atoms with Gasteiger partial charge in [0.1, 0.15) is 30.5 Å². The summed E-state index contributed by atoms with van der Waals surface area (Å²) in [5.74, 6) is 0. The van der Waals surface area contributed by atoms with E-state index in [0.717, 1.165) is 0 Å². The van der Waals surface area contributed by atoms with Crippen LogP contribution < -0.4 is 0 Å². The summed E-state index contributed by atoms with van der Waals surface area (Å²) in [6.07, 6.45) is -12.0. The molecule has 2 unspecified atom stereocenters. The molecule has 0 bridgehead atoms. The first-order valence-electron chi connectivity index (χ1n) is 8.18. The number of ether oxygens (including phenoxy) is 2. The molecule has 3 heterocycles. The molecule has 0 aromatic carbocycles. The molecule has 8 N–H and O–H groups in total. The first-order chi connectivity index (χ1) is 11.8. The van der Waals surface area contributed by atoms with Crippen LogP contribution in [0.3, 0.4) is 0 Å². The first kappa shape index (κ1) is 19.3. The third-order valence-electron chi connectivity index (χ3n) is 5.37. The van der Waals surface area contributed by atoms with Gasteiger partial charge in [0.05, 0.1) is 43.6 Å². The van der Waals surface area contributed by atoms with Gasteiger partial charge in [-0.15, -0.1) is 0 Å². The zero-order valence-electron chi connectivity index (χ0n) is 13.3. The Morgan fingerprint density at radius 2 is 1.48 bits per heavy atom. The fraction of sp³-hybridized carbons (Fsp3) is 1.00. The topological polar surface area (TPSA) is 184 Å². The van der Waals surface area contributed by atoms with Gasteiger partial charge in [-0.2, -0.15) is 0 Å². The highest BCUT2D eigenvalue weighted by Gasteiger charge is 2.58. The smallest absolute Gasteiger partial charge is 0.187 e. The summed E-state index contributed by atoms with van der Waals surface area (Å²) < 4.78 is 10.8. The van der Waals surface area contributed by atoms with Crippen LogP contribution in [0.25, 0.3) is 0 Å². The summed E-state index contributed by atoms with van der Waals surface area (Å²) in [5, 5.41) is 78.5. The van der Waals surface area contributed by atoms with Crippen molar-refractivity contribution in [1.29, 1.82) is 0 Å². The molecule has 0 saturated carbocycles. The number of aliphatic hydroxyl groups is 8. The Bertz CT molecular complexity index is 467. The third kappa shape index (κ3) is 3.09. The van der Waals surface area contributed by atoms with Gasteiger partial charge in [0.2, 0.25) is 0 Å². The van der Waals surface area contributed by atoms with E-state index in [9.17, 15) is 40.9 Å². The second kappa shape index (κ2) is 7.29. The number of aliphatic hydroxyl groups excluding tert-OH is 8. The van der Waals surface area contributed by atoms with Gasteiger partial charge in [-0.1, -0.05) is 0 Å². The van der Waals surface area contributed by atoms with Gasteiger partial charge in [-0.05, 0) is 0 Å². The van der Waals surface area contributed by atoms with Crippen molar-refractivity contribution in [2.75, 3.05) is 19.8 Å². The number of fused-ring (bicyclic) bond motifs is 1. The number of nitrogens with zero attached hydrogens (tertiary/aromatic N) is 1. The average molecular weight is 367 g/mol. The van der Waals surface area contributed by atoms with Crippen LogP contribution in [0.15, 0.2) is 0 Å². The predicted molar refractivity (Wildman–Crippen MR) is 78.0 cm³/mol. The van der Waals surface area contributed by atoms with Crippen molar-refractivity contribution in [3.8, 4) is 0 Å². The van der Waals surface area contributed by atoms with Crippen LogP contribution in [0.2, 0.25) is 0 Å². The van der Waals surface area contributed by atoms with E-state index >= 15 is 0 Å². The summed E-state index contributed by atoms with van der Waals surface area (Å²) >= 11 is 0. The monoisotopic (exact) mass is 367 g/mol. The fourth-order valence-corrected chi connectivity index (χ4v) is 3.92. The van der Waals surface area contributed by atoms with E-state index in [-0.39, 0.29) is 6.54 Å². The van der Waals surface area contributed by atoms with E-state index in [4.69, 9.17) is 9.47 Å². The lowest BCUT2D eigenvalue weighted by Crippen LogP contribution is -2.60. The molecule has 3 fully saturated rings. The molecule has 0 spiro atoms. The van der Waals surface area contributed by atoms with E-state index in [1.165, 1.54) is 4.90 Å². The highest BCUT2D eigenvalue weighted by molar-refractivity contribution is 5.10. The molecule has 25 heavy (non-hydrogen) atoms. The SMILES string of the molecule is OCC1O[C@H](O[C@H]2CN3[C@H]([C@H]2O)[C@@H](O)[C@H](O)[C@H]3CO)C(O)[C@@H](O)[C@@H]1O. The lowest BCUT2D eigenvalue weighted by Gasteiger charge is -2.40. The molecule has 0 aromatic heterocycles. The van der Waals surface area contributed by atoms with E-state index in [0.29, 0.717) is 0 Å². The van der Waals surface area contributed by atoms with Crippen LogP contribution in [0.4, 0.5) is 0 Å². The molecule has 3 rings (SSSR count). The summed E-state index contributed by atoms with van der Waals surface area (Å²) in [6.45, 7) is -0.987. The number of rotatable bonds is 4. The maximum Gasteiger partial charge on any atom is 0.187 e. The highest BCUT2D eigenvalue weighted by Crippen LogP contribution is 2.36. The molecular weight excluding hydrogens is 342 g/mol. The van der Waals surface area contributed by atoms with Crippen LogP contribution in [-0.4, -0.2) is 133 Å². The van der Waals surface area contributed by atoms with Crippen LogP contribution in [0.1, 0.15) is 0 Å². The van der Waals surface area contributed by atoms with Gasteiger partial charge >= 0.3 is 0 Å². The second-order valence-corrected chi connectivity index (χ2v) is 6.78. The fourth-order valence-electron chi connectivity index (χ4n) is 3.92. The summed E-state index contributed by atoms with van der Waals surface area (Å²) in [7, 11) is 0. The minimum atomic E-state index is -1.61. The predicted octanol–water partition coefficient (Wildman–Crippen LogP) is -5.69. The molecule has 3 aliphatic rings. The summed E-state index contributed by atoms with van der Waals surface area (Å²) in [4.78, 5) is 1.52. The molecule has 0 amide bonds. The van der Waals surface area contributed by atoms with Gasteiger partial charge in [0.15, 0.2) is 6.29 Å². The number of hydrogen-bond donors (Lipinski definition) is 8. The van der Waals surface area contributed by atoms with Crippen LogP contribution in [0.5, 0.6) is 0 Å². The van der Waals surface area contributed by atoms with Crippen LogP contribution >= 0.6 is 0 Å². The summed E-state index contributed by atoms with van der Waals surface area (Å²) in [6, 6.07) is -1.62. The molecule has 0 aliphatic carbocycles. The molecular formula is C14H25NO10. The molecule has 11 atom stereocenters. The molecule has 0 radical (unpaired) electrons. The Hall–Kier alpha value is -0.440. The van der Waals surface area contributed by atoms with Gasteiger partial charge in [-0.25, -0.2) is 0 Å². The van der Waals surface area contributed by atoms with E-state index in [1.807, 2.05) is 0 Å². The van der Waals surface area contributed by atoms with Gasteiger partial charge in [0, 0.05) is 6.54 Å². The first-order valence-corrected chi connectivity index (χ1v) is 8.18. The van der Waals surface area contributed by atoms with Crippen molar-refractivity contribution in [2.45, 2.75) is 67.2 Å². The standard InChI is InChI=1S/C14H25NO10/c16-2-4-8(18)11(21)7-9(19)5(1-15(4)7)24-14-13(23)12(22)10(20)6(3-17)25-14/h4-14,16-23H,1-3H2/t4-,5+,6?,7-,8-,9+,10-,11-,12+,13?,14+/m1/s1. The molecule has 11 heteroatoms. The summed E-state index contributed by atoms with van der Waals surface area (Å²) in [5.41, 5.74) is 0. The largest absolute Gasteiger partial charge is 0.395 e. The van der Waals surface area contributed by atoms with Crippen LogP contribution in [-0.2, 0) is 9.47 Å². The van der Waals surface area contributed by atoms with Gasteiger partial charge in [0.25, 0.3) is 0 Å². The van der Waals surface area contributed by atoms with E-state index < -0.39 is 80.4 Å². The minimum absolute atomic E-state index is 0.0419. The minimum Gasteiger partial charge on any atom is -0.395 e. The zero-order valence-corrected chi connectivity index (χ0v) is 13.3. The van der Waals surface area contributed by atoms with Gasteiger partial charge < -0.3 is 50.3 Å². The van der Waals surface area contributed by atoms with Crippen molar-refractivity contribution >= 4 is 0 Å². The second-order valence-electron chi connectivity index (χ2n) is 6.78. The van der Waals surface area contributed by atoms with E-state index in [2.05, 4.69) is 0 Å². The normalized spacial score (nSPS) is 54.0. The maximum atomic E-state index is 10.4. The molecule has 11 nitrogen and oxygen atoms in total. The Morgan fingerprint density at radius 3 is 2.08 bits per heavy atom. The molecule has 146 valence electrons. The lowest BCUT2D eigenvalue weighted by atomic mass is 9.99. The van der Waals surface area contributed by atoms with Crippen molar-refractivity contribution in [3.05, 3.63) is 0 Å². The Morgan fingerprint density at radius 1 is 0.800 bits per heavy atom. The maximum absolute atomic E-state index is 10.4. The lowest BCUT2D eigenvalue weighted by molar-refractivity contribution is -0.314. The Kier molecular flexibility index (Phi) is 5.63.